The molecule has 1 aliphatic heterocycles. The predicted octanol–water partition coefficient (Wildman–Crippen LogP) is 1.67. The molecule has 7 heteroatoms. The third kappa shape index (κ3) is 4.51. The number of rotatable bonds is 5. The summed E-state index contributed by atoms with van der Waals surface area (Å²) in [6.07, 6.45) is 12.5. The average Bonchev–Trinajstić information content (AvgIpc) is 3.08. The van der Waals surface area contributed by atoms with Crippen molar-refractivity contribution in [3.8, 4) is 0 Å². The van der Waals surface area contributed by atoms with Crippen molar-refractivity contribution in [3.05, 3.63) is 12.2 Å². The van der Waals surface area contributed by atoms with Crippen LogP contribution < -0.4 is 10.6 Å². The highest BCUT2D eigenvalue weighted by Crippen LogP contribution is 2.35. The monoisotopic (exact) mass is 347 g/mol. The van der Waals surface area contributed by atoms with Gasteiger partial charge >= 0.3 is 0 Å². The summed E-state index contributed by atoms with van der Waals surface area (Å²) in [5, 5.41) is 15.0. The molecule has 0 amide bonds. The van der Waals surface area contributed by atoms with Gasteiger partial charge in [-0.25, -0.2) is 0 Å². The highest BCUT2D eigenvalue weighted by molar-refractivity contribution is 5.79. The molecule has 1 saturated carbocycles. The van der Waals surface area contributed by atoms with Crippen LogP contribution in [0.1, 0.15) is 57.2 Å². The van der Waals surface area contributed by atoms with E-state index < -0.39 is 0 Å². The minimum Gasteiger partial charge on any atom is -0.355 e. The Morgan fingerprint density at radius 3 is 2.48 bits per heavy atom. The maximum Gasteiger partial charge on any atom is 0.191 e. The largest absolute Gasteiger partial charge is 0.355 e. The van der Waals surface area contributed by atoms with E-state index in [1.165, 1.54) is 64.5 Å². The lowest BCUT2D eigenvalue weighted by Gasteiger charge is -2.48. The molecule has 0 unspecified atom stereocenters. The number of aliphatic imine (C=N–C) groups is 1. The number of aromatic nitrogens is 3. The van der Waals surface area contributed by atoms with Gasteiger partial charge in [-0.05, 0) is 38.8 Å². The summed E-state index contributed by atoms with van der Waals surface area (Å²) >= 11 is 0. The quantitative estimate of drug-likeness (QED) is 0.626. The van der Waals surface area contributed by atoms with Gasteiger partial charge in [0.05, 0.1) is 6.54 Å². The van der Waals surface area contributed by atoms with E-state index >= 15 is 0 Å². The van der Waals surface area contributed by atoms with Crippen molar-refractivity contribution in [3.63, 3.8) is 0 Å². The highest BCUT2D eigenvalue weighted by Gasteiger charge is 2.38. The summed E-state index contributed by atoms with van der Waals surface area (Å²) in [6, 6.07) is 0. The van der Waals surface area contributed by atoms with Crippen molar-refractivity contribution >= 4 is 5.96 Å². The molecule has 0 radical (unpaired) electrons. The summed E-state index contributed by atoms with van der Waals surface area (Å²) in [6.45, 7) is 4.12. The lowest BCUT2D eigenvalue weighted by atomic mass is 9.79. The molecular weight excluding hydrogens is 314 g/mol. The van der Waals surface area contributed by atoms with Crippen LogP contribution in [0.25, 0.3) is 0 Å². The number of nitrogens with zero attached hydrogens (tertiary/aromatic N) is 5. The fourth-order valence-electron chi connectivity index (χ4n) is 4.28. The van der Waals surface area contributed by atoms with Gasteiger partial charge in [0.1, 0.15) is 6.33 Å². The summed E-state index contributed by atoms with van der Waals surface area (Å²) in [5.74, 6) is 1.76. The zero-order valence-corrected chi connectivity index (χ0v) is 15.8. The van der Waals surface area contributed by atoms with Gasteiger partial charge in [-0.1, -0.05) is 25.7 Å². The number of aryl methyl sites for hydroxylation is 1. The predicted molar refractivity (Wildman–Crippen MR) is 100 cm³/mol. The zero-order valence-electron chi connectivity index (χ0n) is 15.8. The topological polar surface area (TPSA) is 70.4 Å². The Labute approximate surface area is 151 Å². The summed E-state index contributed by atoms with van der Waals surface area (Å²) < 4.78 is 1.93. The van der Waals surface area contributed by atoms with E-state index in [1.807, 2.05) is 18.7 Å². The molecule has 140 valence electrons. The second-order valence-electron chi connectivity index (χ2n) is 7.47. The molecule has 0 aromatic carbocycles. The van der Waals surface area contributed by atoms with Crippen molar-refractivity contribution in [2.24, 2.45) is 12.0 Å². The van der Waals surface area contributed by atoms with E-state index in [-0.39, 0.29) is 0 Å². The number of piperidine rings is 1. The summed E-state index contributed by atoms with van der Waals surface area (Å²) in [4.78, 5) is 7.16. The fraction of sp³-hybridized carbons (Fsp3) is 0.833. The molecule has 2 heterocycles. The Morgan fingerprint density at radius 2 is 1.84 bits per heavy atom. The lowest BCUT2D eigenvalue weighted by Crippen LogP contribution is -2.59. The van der Waals surface area contributed by atoms with Gasteiger partial charge in [0.15, 0.2) is 11.8 Å². The SMILES string of the molecule is CN=C(NCc1nncn1C)NCC1(N2CCCCC2)CCCCC1. The van der Waals surface area contributed by atoms with Crippen molar-refractivity contribution in [1.82, 2.24) is 30.3 Å². The van der Waals surface area contributed by atoms with E-state index in [9.17, 15) is 0 Å². The number of guanidine groups is 1. The van der Waals surface area contributed by atoms with Gasteiger partial charge in [0.25, 0.3) is 0 Å². The van der Waals surface area contributed by atoms with Crippen LogP contribution >= 0.6 is 0 Å². The van der Waals surface area contributed by atoms with E-state index in [4.69, 9.17) is 0 Å². The molecule has 2 fully saturated rings. The molecule has 7 nitrogen and oxygen atoms in total. The second-order valence-corrected chi connectivity index (χ2v) is 7.47. The standard InChI is InChI=1S/C18H33N7/c1-19-17(20-13-16-23-22-15-24(16)2)21-14-18(9-5-3-6-10-18)25-11-7-4-8-12-25/h15H,3-14H2,1-2H3,(H2,19,20,21). The lowest BCUT2D eigenvalue weighted by molar-refractivity contribution is 0.0368. The normalized spacial score (nSPS) is 21.9. The molecule has 1 aromatic rings. The van der Waals surface area contributed by atoms with Crippen LogP contribution in [-0.4, -0.2) is 57.8 Å². The van der Waals surface area contributed by atoms with Crippen LogP contribution in [0.2, 0.25) is 0 Å². The molecule has 3 rings (SSSR count). The van der Waals surface area contributed by atoms with Crippen molar-refractivity contribution < 1.29 is 0 Å². The second kappa shape index (κ2) is 8.65. The van der Waals surface area contributed by atoms with Crippen molar-refractivity contribution in [1.29, 1.82) is 0 Å². The van der Waals surface area contributed by atoms with E-state index in [0.29, 0.717) is 12.1 Å². The van der Waals surface area contributed by atoms with Crippen LogP contribution in [-0.2, 0) is 13.6 Å². The molecule has 0 atom stereocenters. The smallest absolute Gasteiger partial charge is 0.191 e. The Morgan fingerprint density at radius 1 is 1.12 bits per heavy atom. The zero-order chi connectivity index (χ0) is 17.5. The van der Waals surface area contributed by atoms with Gasteiger partial charge in [-0.15, -0.1) is 10.2 Å². The third-order valence-corrected chi connectivity index (χ3v) is 5.84. The Kier molecular flexibility index (Phi) is 6.29. The molecule has 2 aliphatic rings. The molecule has 1 aliphatic carbocycles. The summed E-state index contributed by atoms with van der Waals surface area (Å²) in [5.41, 5.74) is 0.307. The summed E-state index contributed by atoms with van der Waals surface area (Å²) in [7, 11) is 3.79. The number of likely N-dealkylation sites (tertiary alicyclic amines) is 1. The number of nitrogens with one attached hydrogen (secondary N) is 2. The van der Waals surface area contributed by atoms with Crippen molar-refractivity contribution in [2.45, 2.75) is 63.5 Å². The maximum absolute atomic E-state index is 4.40. The maximum atomic E-state index is 4.40. The van der Waals surface area contributed by atoms with Gasteiger partial charge in [0.2, 0.25) is 0 Å². The van der Waals surface area contributed by atoms with E-state index in [1.54, 1.807) is 6.33 Å². The third-order valence-electron chi connectivity index (χ3n) is 5.84. The Hall–Kier alpha value is -1.63. The molecule has 25 heavy (non-hydrogen) atoms. The van der Waals surface area contributed by atoms with Crippen molar-refractivity contribution in [2.75, 3.05) is 26.7 Å². The molecule has 0 spiro atoms. The minimum atomic E-state index is 0.307. The minimum absolute atomic E-state index is 0.307. The molecule has 0 bridgehead atoms. The van der Waals surface area contributed by atoms with Crippen LogP contribution in [0.3, 0.4) is 0 Å². The van der Waals surface area contributed by atoms with Crippen LogP contribution in [0.15, 0.2) is 11.3 Å². The number of hydrogen-bond acceptors (Lipinski definition) is 4. The molecule has 2 N–H and O–H groups in total. The average molecular weight is 348 g/mol. The molecule has 1 saturated heterocycles. The van der Waals surface area contributed by atoms with Crippen LogP contribution in [0, 0.1) is 0 Å². The van der Waals surface area contributed by atoms with E-state index in [2.05, 4.69) is 30.7 Å². The van der Waals surface area contributed by atoms with Gasteiger partial charge in [-0.3, -0.25) is 9.89 Å². The highest BCUT2D eigenvalue weighted by atomic mass is 15.3. The first-order valence-electron chi connectivity index (χ1n) is 9.76. The van der Waals surface area contributed by atoms with Crippen LogP contribution in [0.4, 0.5) is 0 Å². The Bertz CT molecular complexity index is 554. The first-order valence-corrected chi connectivity index (χ1v) is 9.76. The van der Waals surface area contributed by atoms with Gasteiger partial charge in [-0.2, -0.15) is 0 Å². The first kappa shape index (κ1) is 18.2. The van der Waals surface area contributed by atoms with E-state index in [0.717, 1.165) is 18.3 Å². The van der Waals surface area contributed by atoms with Gasteiger partial charge < -0.3 is 15.2 Å². The molecular formula is C18H33N7. The van der Waals surface area contributed by atoms with Crippen LogP contribution in [0.5, 0.6) is 0 Å². The molecule has 1 aromatic heterocycles. The first-order chi connectivity index (χ1) is 12.2. The fourth-order valence-corrected chi connectivity index (χ4v) is 4.28. The Balaban J connectivity index is 1.58. The number of hydrogen-bond donors (Lipinski definition) is 2. The van der Waals surface area contributed by atoms with Gasteiger partial charge in [0, 0.05) is 26.2 Å².